The molecule has 1 saturated heterocycles. The first-order valence-electron chi connectivity index (χ1n) is 8.88. The molecule has 0 radical (unpaired) electrons. The molecule has 0 atom stereocenters. The summed E-state index contributed by atoms with van der Waals surface area (Å²) in [5, 5.41) is 0.804. The molecule has 2 aliphatic rings. The number of imide groups is 1. The van der Waals surface area contributed by atoms with Gasteiger partial charge < -0.3 is 9.64 Å². The highest BCUT2D eigenvalue weighted by molar-refractivity contribution is 6.19. The highest BCUT2D eigenvalue weighted by atomic mass is 35.5. The minimum absolute atomic E-state index is 0. The van der Waals surface area contributed by atoms with Crippen molar-refractivity contribution in [1.82, 2.24) is 15.3 Å². The lowest BCUT2D eigenvalue weighted by Gasteiger charge is -2.36. The Kier molecular flexibility index (Phi) is 7.04. The van der Waals surface area contributed by atoms with Gasteiger partial charge in [0, 0.05) is 37.3 Å². The van der Waals surface area contributed by atoms with E-state index in [4.69, 9.17) is 4.74 Å². The van der Waals surface area contributed by atoms with E-state index >= 15 is 0 Å². The smallest absolute Gasteiger partial charge is 0.275 e. The maximum atomic E-state index is 12.3. The normalized spacial score (nSPS) is 17.7. The fourth-order valence-corrected chi connectivity index (χ4v) is 3.25. The number of hydrazine groups is 1. The highest BCUT2D eigenvalue weighted by Crippen LogP contribution is 2.28. The van der Waals surface area contributed by atoms with Crippen LogP contribution in [0.1, 0.15) is 13.8 Å². The lowest BCUT2D eigenvalue weighted by atomic mass is 10.2. The number of nitrogens with zero attached hydrogens (tertiary/aromatic N) is 3. The third-order valence-corrected chi connectivity index (χ3v) is 5.01. The number of benzene rings is 1. The molecular formula is C19H25ClN4O4. The molecule has 1 fully saturated rings. The van der Waals surface area contributed by atoms with Gasteiger partial charge in [0.05, 0.1) is 19.3 Å². The van der Waals surface area contributed by atoms with E-state index < -0.39 is 11.8 Å². The number of carbonyl (C=O) groups is 3. The van der Waals surface area contributed by atoms with Crippen molar-refractivity contribution >= 4 is 35.8 Å². The van der Waals surface area contributed by atoms with E-state index in [9.17, 15) is 14.4 Å². The zero-order chi connectivity index (χ0) is 19.6. The number of halogens is 1. The molecule has 0 aromatic heterocycles. The molecule has 2 aliphatic heterocycles. The fraction of sp³-hybridized carbons (Fsp3) is 0.421. The number of rotatable bonds is 5. The Morgan fingerprint density at radius 2 is 1.61 bits per heavy atom. The second-order valence-corrected chi connectivity index (χ2v) is 6.67. The van der Waals surface area contributed by atoms with Crippen LogP contribution in [0.5, 0.6) is 5.75 Å². The number of nitrogens with one attached hydrogen (secondary N) is 1. The van der Waals surface area contributed by atoms with Gasteiger partial charge in [-0.3, -0.25) is 24.7 Å². The van der Waals surface area contributed by atoms with Crippen molar-refractivity contribution in [1.29, 1.82) is 0 Å². The summed E-state index contributed by atoms with van der Waals surface area (Å²) in [5.74, 6) is -0.475. The van der Waals surface area contributed by atoms with E-state index in [1.807, 2.05) is 29.2 Å². The molecule has 152 valence electrons. The van der Waals surface area contributed by atoms with Crippen molar-refractivity contribution in [3.05, 3.63) is 35.4 Å². The van der Waals surface area contributed by atoms with Crippen LogP contribution in [0.15, 0.2) is 35.4 Å². The maximum Gasteiger partial charge on any atom is 0.275 e. The molecule has 2 heterocycles. The Hall–Kier alpha value is -2.58. The number of methoxy groups -OCH3 is 1. The van der Waals surface area contributed by atoms with Crippen LogP contribution in [0.25, 0.3) is 0 Å². The second-order valence-electron chi connectivity index (χ2n) is 6.67. The number of amides is 3. The summed E-state index contributed by atoms with van der Waals surface area (Å²) in [5.41, 5.74) is 4.20. The van der Waals surface area contributed by atoms with Gasteiger partial charge in [0.1, 0.15) is 5.75 Å². The molecule has 0 unspecified atom stereocenters. The monoisotopic (exact) mass is 408 g/mol. The van der Waals surface area contributed by atoms with Crippen molar-refractivity contribution in [3.63, 3.8) is 0 Å². The van der Waals surface area contributed by atoms with Crippen molar-refractivity contribution in [2.24, 2.45) is 0 Å². The SMILES string of the molecule is COc1ccccc1N1CCN(CC(=O)NN2C(=O)C(C)=C(C)C2=O)CC1.Cl. The van der Waals surface area contributed by atoms with Crippen LogP contribution in [0.3, 0.4) is 0 Å². The first kappa shape index (κ1) is 21.7. The van der Waals surface area contributed by atoms with Gasteiger partial charge in [-0.1, -0.05) is 12.1 Å². The van der Waals surface area contributed by atoms with Crippen LogP contribution >= 0.6 is 12.4 Å². The Balaban J connectivity index is 0.00000280. The van der Waals surface area contributed by atoms with Crippen molar-refractivity contribution < 1.29 is 19.1 Å². The molecule has 28 heavy (non-hydrogen) atoms. The van der Waals surface area contributed by atoms with Gasteiger partial charge in [-0.25, -0.2) is 0 Å². The van der Waals surface area contributed by atoms with Crippen molar-refractivity contribution in [3.8, 4) is 5.75 Å². The number of carbonyl (C=O) groups excluding carboxylic acids is 3. The molecule has 0 aliphatic carbocycles. The van der Waals surface area contributed by atoms with Crippen LogP contribution in [0.4, 0.5) is 5.69 Å². The van der Waals surface area contributed by atoms with Crippen LogP contribution < -0.4 is 15.1 Å². The number of para-hydroxylation sites is 2. The summed E-state index contributed by atoms with van der Waals surface area (Å²) in [4.78, 5) is 40.5. The molecule has 3 rings (SSSR count). The molecule has 0 bridgehead atoms. The summed E-state index contributed by atoms with van der Waals surface area (Å²) in [7, 11) is 1.65. The van der Waals surface area contributed by atoms with Crippen LogP contribution in [0.2, 0.25) is 0 Å². The molecule has 1 aromatic carbocycles. The molecule has 1 aromatic rings. The number of anilines is 1. The lowest BCUT2D eigenvalue weighted by Crippen LogP contribution is -2.53. The highest BCUT2D eigenvalue weighted by Gasteiger charge is 2.35. The zero-order valence-corrected chi connectivity index (χ0v) is 17.0. The number of hydrogen-bond donors (Lipinski definition) is 1. The second kappa shape index (κ2) is 9.07. The molecule has 0 spiro atoms. The van der Waals surface area contributed by atoms with Gasteiger partial charge in [0.15, 0.2) is 0 Å². The zero-order valence-electron chi connectivity index (χ0n) is 16.2. The Morgan fingerprint density at radius 1 is 1.04 bits per heavy atom. The van der Waals surface area contributed by atoms with Gasteiger partial charge in [-0.15, -0.1) is 12.4 Å². The number of hydrogen-bond acceptors (Lipinski definition) is 6. The van der Waals surface area contributed by atoms with E-state index in [0.717, 1.165) is 29.5 Å². The average Bonchev–Trinajstić information content (AvgIpc) is 2.86. The molecule has 3 amide bonds. The van der Waals surface area contributed by atoms with E-state index in [0.29, 0.717) is 24.2 Å². The third kappa shape index (κ3) is 4.28. The predicted molar refractivity (Wildman–Crippen MR) is 107 cm³/mol. The topological polar surface area (TPSA) is 82.2 Å². The van der Waals surface area contributed by atoms with E-state index in [-0.39, 0.29) is 24.9 Å². The van der Waals surface area contributed by atoms with Crippen LogP contribution in [-0.2, 0) is 14.4 Å². The Bertz CT molecular complexity index is 779. The summed E-state index contributed by atoms with van der Waals surface area (Å²) in [6, 6.07) is 7.85. The molecule has 8 nitrogen and oxygen atoms in total. The Morgan fingerprint density at radius 3 is 2.18 bits per heavy atom. The average molecular weight is 409 g/mol. The summed E-state index contributed by atoms with van der Waals surface area (Å²) >= 11 is 0. The van der Waals surface area contributed by atoms with E-state index in [1.165, 1.54) is 0 Å². The molecule has 9 heteroatoms. The van der Waals surface area contributed by atoms with Gasteiger partial charge in [0.2, 0.25) is 0 Å². The number of piperazine rings is 1. The van der Waals surface area contributed by atoms with Crippen LogP contribution in [-0.4, -0.2) is 67.5 Å². The Labute approximate surface area is 170 Å². The standard InChI is InChI=1S/C19H24N4O4.ClH/c1-13-14(2)19(26)23(18(13)25)20-17(24)12-21-8-10-22(11-9-21)15-6-4-5-7-16(15)27-3;/h4-7H,8-12H2,1-3H3,(H,20,24);1H. The minimum Gasteiger partial charge on any atom is -0.495 e. The summed E-state index contributed by atoms with van der Waals surface area (Å²) < 4.78 is 5.41. The minimum atomic E-state index is -0.466. The van der Waals surface area contributed by atoms with Gasteiger partial charge in [-0.2, -0.15) is 5.01 Å². The molecular weight excluding hydrogens is 384 g/mol. The number of ether oxygens (including phenoxy) is 1. The van der Waals surface area contributed by atoms with Crippen LogP contribution in [0, 0.1) is 0 Å². The molecule has 0 saturated carbocycles. The van der Waals surface area contributed by atoms with Gasteiger partial charge in [-0.05, 0) is 26.0 Å². The van der Waals surface area contributed by atoms with Crippen molar-refractivity contribution in [2.75, 3.05) is 44.7 Å². The molecule has 1 N–H and O–H groups in total. The van der Waals surface area contributed by atoms with Crippen molar-refractivity contribution in [2.45, 2.75) is 13.8 Å². The first-order chi connectivity index (χ1) is 12.9. The third-order valence-electron chi connectivity index (χ3n) is 5.01. The fourth-order valence-electron chi connectivity index (χ4n) is 3.25. The largest absolute Gasteiger partial charge is 0.495 e. The maximum absolute atomic E-state index is 12.3. The first-order valence-corrected chi connectivity index (χ1v) is 8.88. The van der Waals surface area contributed by atoms with Gasteiger partial charge >= 0.3 is 0 Å². The van der Waals surface area contributed by atoms with E-state index in [2.05, 4.69) is 10.3 Å². The summed E-state index contributed by atoms with van der Waals surface area (Å²) in [6.45, 7) is 6.21. The lowest BCUT2D eigenvalue weighted by molar-refractivity contribution is -0.147. The van der Waals surface area contributed by atoms with Gasteiger partial charge in [0.25, 0.3) is 17.7 Å². The summed E-state index contributed by atoms with van der Waals surface area (Å²) in [6.07, 6.45) is 0. The quantitative estimate of drug-likeness (QED) is 0.731. The van der Waals surface area contributed by atoms with E-state index in [1.54, 1.807) is 21.0 Å². The predicted octanol–water partition coefficient (Wildman–Crippen LogP) is 0.975.